The molecule has 1 saturated carbocycles. The van der Waals surface area contributed by atoms with Gasteiger partial charge in [0.15, 0.2) is 0 Å². The summed E-state index contributed by atoms with van der Waals surface area (Å²) in [6, 6.07) is 5.59. The summed E-state index contributed by atoms with van der Waals surface area (Å²) in [5.74, 6) is 0.0251. The number of benzene rings is 1. The molecule has 0 spiro atoms. The first kappa shape index (κ1) is 19.5. The van der Waals surface area contributed by atoms with Gasteiger partial charge in [0, 0.05) is 24.6 Å². The molecule has 3 aliphatic heterocycles. The Hall–Kier alpha value is -2.41. The van der Waals surface area contributed by atoms with Crippen LogP contribution in [0.3, 0.4) is 0 Å². The van der Waals surface area contributed by atoms with E-state index in [2.05, 4.69) is 10.2 Å². The molecule has 0 radical (unpaired) electrons. The molecule has 1 aliphatic carbocycles. The lowest BCUT2D eigenvalue weighted by atomic mass is 9.91. The van der Waals surface area contributed by atoms with Crippen LogP contribution in [0.4, 0.5) is 0 Å². The highest BCUT2D eigenvalue weighted by molar-refractivity contribution is 6.05. The van der Waals surface area contributed by atoms with E-state index >= 15 is 0 Å². The molecule has 4 aliphatic rings. The maximum absolute atomic E-state index is 12.9. The van der Waals surface area contributed by atoms with Crippen molar-refractivity contribution in [1.29, 1.82) is 0 Å². The molecule has 7 heteroatoms. The van der Waals surface area contributed by atoms with Gasteiger partial charge >= 0.3 is 0 Å². The number of nitrogens with one attached hydrogen (secondary N) is 1. The van der Waals surface area contributed by atoms with Gasteiger partial charge < -0.3 is 9.64 Å². The van der Waals surface area contributed by atoms with Crippen LogP contribution in [-0.2, 0) is 16.1 Å². The van der Waals surface area contributed by atoms with E-state index in [1.54, 1.807) is 4.90 Å². The number of amides is 3. The second kappa shape index (κ2) is 8.02. The van der Waals surface area contributed by atoms with Crippen molar-refractivity contribution in [3.63, 3.8) is 0 Å². The van der Waals surface area contributed by atoms with Crippen LogP contribution in [0.25, 0.3) is 0 Å². The molecule has 3 amide bonds. The number of imide groups is 1. The SMILES string of the molecule is O=C1CCC(N2Cc3cc(O[C@@H]4CCCC[C@@H]4N4CCCC4)ccc3C2=O)C(=O)N1. The van der Waals surface area contributed by atoms with Crippen molar-refractivity contribution in [1.82, 2.24) is 15.1 Å². The van der Waals surface area contributed by atoms with Gasteiger partial charge in [-0.05, 0) is 75.4 Å². The molecule has 3 heterocycles. The molecule has 1 aromatic carbocycles. The minimum absolute atomic E-state index is 0.140. The number of fused-ring (bicyclic) bond motifs is 1. The van der Waals surface area contributed by atoms with Gasteiger partial charge in [0.2, 0.25) is 11.8 Å². The van der Waals surface area contributed by atoms with Crippen LogP contribution < -0.4 is 10.1 Å². The molecule has 3 atom stereocenters. The summed E-state index contributed by atoms with van der Waals surface area (Å²) in [6.07, 6.45) is 8.12. The van der Waals surface area contributed by atoms with Gasteiger partial charge in [0.1, 0.15) is 17.9 Å². The largest absolute Gasteiger partial charge is 0.489 e. The van der Waals surface area contributed by atoms with Gasteiger partial charge in [0.05, 0.1) is 0 Å². The van der Waals surface area contributed by atoms with Crippen LogP contribution in [0.5, 0.6) is 5.75 Å². The molecule has 160 valence electrons. The predicted octanol–water partition coefficient (Wildman–Crippen LogP) is 2.23. The summed E-state index contributed by atoms with van der Waals surface area (Å²) < 4.78 is 6.46. The lowest BCUT2D eigenvalue weighted by Gasteiger charge is -2.37. The van der Waals surface area contributed by atoms with Crippen molar-refractivity contribution in [3.05, 3.63) is 29.3 Å². The molecule has 5 rings (SSSR count). The maximum atomic E-state index is 12.9. The summed E-state index contributed by atoms with van der Waals surface area (Å²) in [7, 11) is 0. The van der Waals surface area contributed by atoms with Crippen molar-refractivity contribution in [2.75, 3.05) is 13.1 Å². The van der Waals surface area contributed by atoms with E-state index in [0.717, 1.165) is 17.7 Å². The van der Waals surface area contributed by atoms with E-state index in [1.165, 1.54) is 45.2 Å². The second-order valence-electron chi connectivity index (χ2n) is 8.97. The van der Waals surface area contributed by atoms with Crippen molar-refractivity contribution in [2.45, 2.75) is 76.1 Å². The summed E-state index contributed by atoms with van der Waals surface area (Å²) in [5, 5.41) is 2.35. The van der Waals surface area contributed by atoms with Crippen LogP contribution in [-0.4, -0.2) is 58.8 Å². The smallest absolute Gasteiger partial charge is 0.255 e. The van der Waals surface area contributed by atoms with Gasteiger partial charge in [0.25, 0.3) is 5.91 Å². The number of hydrogen-bond donors (Lipinski definition) is 1. The van der Waals surface area contributed by atoms with Crippen LogP contribution >= 0.6 is 0 Å². The zero-order valence-electron chi connectivity index (χ0n) is 17.3. The predicted molar refractivity (Wildman–Crippen MR) is 110 cm³/mol. The Morgan fingerprint density at radius 2 is 1.77 bits per heavy atom. The van der Waals surface area contributed by atoms with Gasteiger partial charge in [-0.1, -0.05) is 6.42 Å². The number of likely N-dealkylation sites (tertiary alicyclic amines) is 1. The fraction of sp³-hybridized carbons (Fsp3) is 0.609. The fourth-order valence-electron chi connectivity index (χ4n) is 5.50. The Balaban J connectivity index is 1.30. The maximum Gasteiger partial charge on any atom is 0.255 e. The number of hydrogen-bond acceptors (Lipinski definition) is 5. The third kappa shape index (κ3) is 3.60. The first-order chi connectivity index (χ1) is 14.6. The third-order valence-corrected chi connectivity index (χ3v) is 7.06. The summed E-state index contributed by atoms with van der Waals surface area (Å²) in [5.41, 5.74) is 1.53. The highest BCUT2D eigenvalue weighted by Crippen LogP contribution is 2.33. The topological polar surface area (TPSA) is 79.0 Å². The van der Waals surface area contributed by atoms with Crippen molar-refractivity contribution in [2.24, 2.45) is 0 Å². The molecule has 0 aromatic heterocycles. The summed E-state index contributed by atoms with van der Waals surface area (Å²) in [6.45, 7) is 2.73. The van der Waals surface area contributed by atoms with Crippen LogP contribution in [0, 0.1) is 0 Å². The highest BCUT2D eigenvalue weighted by Gasteiger charge is 2.39. The van der Waals surface area contributed by atoms with Crippen LogP contribution in [0.2, 0.25) is 0 Å². The number of piperidine rings is 1. The normalized spacial score (nSPS) is 29.8. The molecule has 1 aromatic rings. The molecule has 7 nitrogen and oxygen atoms in total. The molecule has 3 fully saturated rings. The van der Waals surface area contributed by atoms with Crippen molar-refractivity contribution >= 4 is 17.7 Å². The molecular formula is C23H29N3O4. The monoisotopic (exact) mass is 411 g/mol. The zero-order valence-corrected chi connectivity index (χ0v) is 17.3. The highest BCUT2D eigenvalue weighted by atomic mass is 16.5. The van der Waals surface area contributed by atoms with Gasteiger partial charge in [-0.3, -0.25) is 24.6 Å². The van der Waals surface area contributed by atoms with E-state index in [4.69, 9.17) is 4.74 Å². The van der Waals surface area contributed by atoms with Crippen molar-refractivity contribution in [3.8, 4) is 5.75 Å². The first-order valence-electron chi connectivity index (χ1n) is 11.3. The molecule has 0 bridgehead atoms. The van der Waals surface area contributed by atoms with Gasteiger partial charge in [-0.15, -0.1) is 0 Å². The van der Waals surface area contributed by atoms with Gasteiger partial charge in [-0.2, -0.15) is 0 Å². The number of nitrogens with zero attached hydrogens (tertiary/aromatic N) is 2. The van der Waals surface area contributed by atoms with E-state index < -0.39 is 6.04 Å². The Labute approximate surface area is 176 Å². The van der Waals surface area contributed by atoms with Gasteiger partial charge in [-0.25, -0.2) is 0 Å². The quantitative estimate of drug-likeness (QED) is 0.769. The van der Waals surface area contributed by atoms with Crippen LogP contribution in [0.15, 0.2) is 18.2 Å². The third-order valence-electron chi connectivity index (χ3n) is 7.06. The molecular weight excluding hydrogens is 382 g/mol. The molecule has 2 saturated heterocycles. The van der Waals surface area contributed by atoms with E-state index in [0.29, 0.717) is 24.6 Å². The summed E-state index contributed by atoms with van der Waals surface area (Å²) in [4.78, 5) is 40.7. The Kier molecular flexibility index (Phi) is 5.23. The minimum Gasteiger partial charge on any atom is -0.489 e. The molecule has 1 N–H and O–H groups in total. The van der Waals surface area contributed by atoms with E-state index in [9.17, 15) is 14.4 Å². The molecule has 1 unspecified atom stereocenters. The average molecular weight is 412 g/mol. The lowest BCUT2D eigenvalue weighted by molar-refractivity contribution is -0.136. The standard InChI is InChI=1S/C23H29N3O4/c27-21-10-9-19(22(28)24-21)26-14-15-13-16(7-8-17(15)23(26)29)30-20-6-2-1-5-18(20)25-11-3-4-12-25/h7-8,13,18-20H,1-6,9-12,14H2,(H,24,27,28)/t18-,19?,20+/m0/s1. The first-order valence-corrected chi connectivity index (χ1v) is 11.3. The van der Waals surface area contributed by atoms with Crippen LogP contribution in [0.1, 0.15) is 67.3 Å². The Morgan fingerprint density at radius 3 is 2.57 bits per heavy atom. The average Bonchev–Trinajstić information content (AvgIpc) is 3.37. The number of carbonyl (C=O) groups is 3. The van der Waals surface area contributed by atoms with E-state index in [1.807, 2.05) is 18.2 Å². The zero-order chi connectivity index (χ0) is 20.7. The summed E-state index contributed by atoms with van der Waals surface area (Å²) >= 11 is 0. The number of carbonyl (C=O) groups excluding carboxylic acids is 3. The number of rotatable bonds is 4. The van der Waals surface area contributed by atoms with Crippen molar-refractivity contribution < 1.29 is 19.1 Å². The Bertz CT molecular complexity index is 864. The fourth-order valence-corrected chi connectivity index (χ4v) is 5.50. The Morgan fingerprint density at radius 1 is 0.967 bits per heavy atom. The lowest BCUT2D eigenvalue weighted by Crippen LogP contribution is -2.52. The second-order valence-corrected chi connectivity index (χ2v) is 8.97. The minimum atomic E-state index is -0.579. The number of ether oxygens (including phenoxy) is 1. The molecule has 30 heavy (non-hydrogen) atoms. The van der Waals surface area contributed by atoms with E-state index in [-0.39, 0.29) is 30.2 Å².